The lowest BCUT2D eigenvalue weighted by Crippen LogP contribution is -2.48. The molecular weight excluding hydrogens is 356 g/mol. The van der Waals surface area contributed by atoms with Crippen molar-refractivity contribution in [2.24, 2.45) is 0 Å². The lowest BCUT2D eigenvalue weighted by Gasteiger charge is -2.39. The van der Waals surface area contributed by atoms with Gasteiger partial charge in [0.25, 0.3) is 0 Å². The number of anilines is 2. The van der Waals surface area contributed by atoms with Gasteiger partial charge in [-0.05, 0) is 45.9 Å². The summed E-state index contributed by atoms with van der Waals surface area (Å²) in [5.74, 6) is 1.05. The maximum Gasteiger partial charge on any atom is 0.248 e. The summed E-state index contributed by atoms with van der Waals surface area (Å²) >= 11 is 0. The minimum Gasteiger partial charge on any atom is -0.492 e. The van der Waals surface area contributed by atoms with Gasteiger partial charge in [0.15, 0.2) is 0 Å². The lowest BCUT2D eigenvalue weighted by atomic mass is 10.1. The fourth-order valence-corrected chi connectivity index (χ4v) is 3.17. The summed E-state index contributed by atoms with van der Waals surface area (Å²) in [7, 11) is 0. The van der Waals surface area contributed by atoms with E-state index in [1.54, 1.807) is 12.3 Å². The number of nitrogens with one attached hydrogen (secondary N) is 2. The maximum atomic E-state index is 12.3. The van der Waals surface area contributed by atoms with Crippen molar-refractivity contribution in [3.63, 3.8) is 0 Å². The van der Waals surface area contributed by atoms with Crippen molar-refractivity contribution < 1.29 is 14.3 Å². The second-order valence-corrected chi connectivity index (χ2v) is 7.42. The van der Waals surface area contributed by atoms with Crippen molar-refractivity contribution in [2.75, 3.05) is 36.5 Å². The Bertz CT molecular complexity index is 857. The average molecular weight is 384 g/mol. The number of nitrogens with zero attached hydrogens (tertiary/aromatic N) is 2. The number of H-pyrrole nitrogens is 1. The minimum absolute atomic E-state index is 0.189. The van der Waals surface area contributed by atoms with Gasteiger partial charge in [-0.15, -0.1) is 0 Å². The van der Waals surface area contributed by atoms with Gasteiger partial charge in [-0.2, -0.15) is 0 Å². The number of benzene rings is 1. The quantitative estimate of drug-likeness (QED) is 0.747. The first-order valence-electron chi connectivity index (χ1n) is 9.53. The third-order valence-corrected chi connectivity index (χ3v) is 4.43. The van der Waals surface area contributed by atoms with E-state index >= 15 is 0 Å². The second kappa shape index (κ2) is 8.48. The highest BCUT2D eigenvalue weighted by atomic mass is 16.5. The Morgan fingerprint density at radius 1 is 1.46 bits per heavy atom. The van der Waals surface area contributed by atoms with Gasteiger partial charge in [0.2, 0.25) is 5.91 Å². The van der Waals surface area contributed by atoms with E-state index in [9.17, 15) is 4.79 Å². The highest BCUT2D eigenvalue weighted by molar-refractivity contribution is 6.02. The number of aromatic nitrogens is 2. The minimum atomic E-state index is -0.240. The number of hydrogen-bond donors (Lipinski definition) is 2. The van der Waals surface area contributed by atoms with E-state index in [1.807, 2.05) is 32.0 Å². The van der Waals surface area contributed by atoms with Crippen molar-refractivity contribution in [3.05, 3.63) is 42.0 Å². The zero-order chi connectivity index (χ0) is 20.1. The molecule has 1 aliphatic heterocycles. The van der Waals surface area contributed by atoms with E-state index in [2.05, 4.69) is 34.0 Å². The predicted octanol–water partition coefficient (Wildman–Crippen LogP) is 3.38. The molecule has 7 nitrogen and oxygen atoms in total. The summed E-state index contributed by atoms with van der Waals surface area (Å²) in [6, 6.07) is 5.85. The molecule has 0 unspecified atom stereocenters. The van der Waals surface area contributed by atoms with Crippen molar-refractivity contribution in [3.8, 4) is 5.75 Å². The standard InChI is InChI=1S/C21H28N4O3/c1-5-27-18-12-16(25-10-11-28-21(3,4)14-25)6-7-17(18)24-20(26)9-8-19-22-13-15(2)23-19/h6-9,12-13H,5,10-11,14H2,1-4H3,(H,22,23)(H,24,26)/b9-8+. The summed E-state index contributed by atoms with van der Waals surface area (Å²) in [5.41, 5.74) is 2.45. The van der Waals surface area contributed by atoms with Gasteiger partial charge in [-0.3, -0.25) is 4.79 Å². The van der Waals surface area contributed by atoms with Crippen LogP contribution >= 0.6 is 0 Å². The van der Waals surface area contributed by atoms with E-state index in [0.717, 1.165) is 24.5 Å². The summed E-state index contributed by atoms with van der Waals surface area (Å²) in [4.78, 5) is 21.8. The van der Waals surface area contributed by atoms with Crippen molar-refractivity contribution in [1.82, 2.24) is 9.97 Å². The van der Waals surface area contributed by atoms with Crippen LogP contribution in [0.4, 0.5) is 11.4 Å². The van der Waals surface area contributed by atoms with Crippen LogP contribution in [-0.2, 0) is 9.53 Å². The lowest BCUT2D eigenvalue weighted by molar-refractivity contribution is -0.111. The topological polar surface area (TPSA) is 79.5 Å². The van der Waals surface area contributed by atoms with Crippen LogP contribution in [0.2, 0.25) is 0 Å². The molecule has 2 N–H and O–H groups in total. The molecule has 3 rings (SSSR count). The Balaban J connectivity index is 1.73. The monoisotopic (exact) mass is 384 g/mol. The molecule has 7 heteroatoms. The molecule has 1 saturated heterocycles. The molecule has 1 fully saturated rings. The van der Waals surface area contributed by atoms with Crippen molar-refractivity contribution in [1.29, 1.82) is 0 Å². The molecule has 0 spiro atoms. The van der Waals surface area contributed by atoms with Crippen LogP contribution in [0.3, 0.4) is 0 Å². The number of carbonyl (C=O) groups is 1. The molecule has 0 bridgehead atoms. The largest absolute Gasteiger partial charge is 0.492 e. The SMILES string of the molecule is CCOc1cc(N2CCOC(C)(C)C2)ccc1NC(=O)/C=C/c1ncc(C)[nH]1. The van der Waals surface area contributed by atoms with Crippen LogP contribution in [0.25, 0.3) is 6.08 Å². The van der Waals surface area contributed by atoms with Gasteiger partial charge >= 0.3 is 0 Å². The predicted molar refractivity (Wildman–Crippen MR) is 111 cm³/mol. The Morgan fingerprint density at radius 2 is 2.29 bits per heavy atom. The van der Waals surface area contributed by atoms with Gasteiger partial charge in [0, 0.05) is 42.8 Å². The van der Waals surface area contributed by atoms with Gasteiger partial charge < -0.3 is 24.7 Å². The zero-order valence-electron chi connectivity index (χ0n) is 16.9. The van der Waals surface area contributed by atoms with E-state index < -0.39 is 0 Å². The molecule has 150 valence electrons. The summed E-state index contributed by atoms with van der Waals surface area (Å²) in [6.07, 6.45) is 4.82. The van der Waals surface area contributed by atoms with Crippen molar-refractivity contribution in [2.45, 2.75) is 33.3 Å². The smallest absolute Gasteiger partial charge is 0.248 e. The third-order valence-electron chi connectivity index (χ3n) is 4.43. The van der Waals surface area contributed by atoms with Gasteiger partial charge in [-0.25, -0.2) is 4.98 Å². The molecule has 1 aromatic heterocycles. The first-order chi connectivity index (χ1) is 13.4. The summed E-state index contributed by atoms with van der Waals surface area (Å²) < 4.78 is 11.6. The van der Waals surface area contributed by atoms with Crippen LogP contribution in [-0.4, -0.2) is 47.8 Å². The van der Waals surface area contributed by atoms with Gasteiger partial charge in [-0.1, -0.05) is 0 Å². The van der Waals surface area contributed by atoms with Crippen LogP contribution in [0.15, 0.2) is 30.5 Å². The normalized spacial score (nSPS) is 16.4. The maximum absolute atomic E-state index is 12.3. The first kappa shape index (κ1) is 19.9. The number of aryl methyl sites for hydroxylation is 1. The number of rotatable bonds is 6. The van der Waals surface area contributed by atoms with E-state index in [-0.39, 0.29) is 11.5 Å². The van der Waals surface area contributed by atoms with Gasteiger partial charge in [0.05, 0.1) is 24.5 Å². The van der Waals surface area contributed by atoms with E-state index in [1.165, 1.54) is 6.08 Å². The molecule has 1 aromatic carbocycles. The Labute approximate surface area is 165 Å². The highest BCUT2D eigenvalue weighted by Crippen LogP contribution is 2.32. The molecule has 2 aromatic rings. The Hall–Kier alpha value is -2.80. The summed E-state index contributed by atoms with van der Waals surface area (Å²) in [5, 5.41) is 2.88. The number of imidazole rings is 1. The number of hydrogen-bond acceptors (Lipinski definition) is 5. The first-order valence-corrected chi connectivity index (χ1v) is 9.53. The fourth-order valence-electron chi connectivity index (χ4n) is 3.17. The molecule has 1 amide bonds. The fraction of sp³-hybridized carbons (Fsp3) is 0.429. The van der Waals surface area contributed by atoms with E-state index in [4.69, 9.17) is 9.47 Å². The highest BCUT2D eigenvalue weighted by Gasteiger charge is 2.27. The van der Waals surface area contributed by atoms with Crippen molar-refractivity contribution >= 4 is 23.4 Å². The third kappa shape index (κ3) is 5.13. The van der Waals surface area contributed by atoms with Crippen LogP contribution < -0.4 is 15.0 Å². The molecule has 2 heterocycles. The number of aromatic amines is 1. The Morgan fingerprint density at radius 3 is 2.96 bits per heavy atom. The molecule has 0 atom stereocenters. The number of morpholine rings is 1. The molecular formula is C21H28N4O3. The number of ether oxygens (including phenoxy) is 2. The van der Waals surface area contributed by atoms with E-state index in [0.29, 0.717) is 30.5 Å². The second-order valence-electron chi connectivity index (χ2n) is 7.42. The Kier molecular flexibility index (Phi) is 6.04. The van der Waals surface area contributed by atoms with Crippen LogP contribution in [0.1, 0.15) is 32.3 Å². The number of amides is 1. The average Bonchev–Trinajstić information content (AvgIpc) is 3.06. The number of carbonyl (C=O) groups excluding carboxylic acids is 1. The molecule has 0 aliphatic carbocycles. The van der Waals surface area contributed by atoms with Gasteiger partial charge in [0.1, 0.15) is 11.6 Å². The zero-order valence-corrected chi connectivity index (χ0v) is 16.9. The van der Waals surface area contributed by atoms with Crippen LogP contribution in [0, 0.1) is 6.92 Å². The molecule has 1 aliphatic rings. The van der Waals surface area contributed by atoms with Crippen LogP contribution in [0.5, 0.6) is 5.75 Å². The molecule has 28 heavy (non-hydrogen) atoms. The molecule has 0 saturated carbocycles. The summed E-state index contributed by atoms with van der Waals surface area (Å²) in [6.45, 7) is 10.8. The molecule has 0 radical (unpaired) electrons.